The maximum absolute atomic E-state index is 12.7. The highest BCUT2D eigenvalue weighted by molar-refractivity contribution is 5.79. The molecule has 7 heteroatoms. The maximum atomic E-state index is 12.7. The Morgan fingerprint density at radius 2 is 1.96 bits per heavy atom. The summed E-state index contributed by atoms with van der Waals surface area (Å²) in [5.41, 5.74) is 0.918. The molecule has 1 amide bonds. The first-order valence-electron chi connectivity index (χ1n) is 8.80. The van der Waals surface area contributed by atoms with Crippen LogP contribution in [0.1, 0.15) is 24.8 Å². The molecule has 0 aliphatic carbocycles. The molecule has 2 aliphatic heterocycles. The Labute approximate surface area is 146 Å². The van der Waals surface area contributed by atoms with Crippen molar-refractivity contribution >= 4 is 5.91 Å². The molecule has 4 rings (SSSR count). The molecule has 25 heavy (non-hydrogen) atoms. The van der Waals surface area contributed by atoms with Gasteiger partial charge in [0.2, 0.25) is 17.6 Å². The maximum Gasteiger partial charge on any atom is 0.249 e. The van der Waals surface area contributed by atoms with Gasteiger partial charge in [0, 0.05) is 25.2 Å². The molecule has 3 heterocycles. The summed E-state index contributed by atoms with van der Waals surface area (Å²) in [5, 5.41) is 4.09. The van der Waals surface area contributed by atoms with Crippen molar-refractivity contribution in [2.45, 2.75) is 18.9 Å². The monoisotopic (exact) mass is 342 g/mol. The Kier molecular flexibility index (Phi) is 4.76. The Bertz CT molecular complexity index is 712. The third-order valence-corrected chi connectivity index (χ3v) is 4.79. The Hall–Kier alpha value is -2.25. The molecule has 2 fully saturated rings. The molecule has 0 bridgehead atoms. The lowest BCUT2D eigenvalue weighted by molar-refractivity contribution is -0.134. The van der Waals surface area contributed by atoms with Gasteiger partial charge in [0.1, 0.15) is 6.04 Å². The summed E-state index contributed by atoms with van der Waals surface area (Å²) in [4.78, 5) is 21.3. The number of benzene rings is 1. The summed E-state index contributed by atoms with van der Waals surface area (Å²) in [7, 11) is 0. The minimum atomic E-state index is -0.112. The van der Waals surface area contributed by atoms with Crippen LogP contribution >= 0.6 is 0 Å². The van der Waals surface area contributed by atoms with E-state index in [0.717, 1.165) is 38.0 Å². The third-order valence-electron chi connectivity index (χ3n) is 4.79. The van der Waals surface area contributed by atoms with E-state index in [2.05, 4.69) is 15.0 Å². The summed E-state index contributed by atoms with van der Waals surface area (Å²) in [5.74, 6) is 1.23. The van der Waals surface area contributed by atoms with Gasteiger partial charge in [0.15, 0.2) is 0 Å². The lowest BCUT2D eigenvalue weighted by Gasteiger charge is -2.29. The van der Waals surface area contributed by atoms with Crippen LogP contribution in [0, 0.1) is 0 Å². The van der Waals surface area contributed by atoms with Gasteiger partial charge in [-0.15, -0.1) is 0 Å². The summed E-state index contributed by atoms with van der Waals surface area (Å²) < 4.78 is 10.8. The summed E-state index contributed by atoms with van der Waals surface area (Å²) in [6, 6.07) is 9.62. The van der Waals surface area contributed by atoms with Gasteiger partial charge in [-0.05, 0) is 12.8 Å². The predicted molar refractivity (Wildman–Crippen MR) is 90.7 cm³/mol. The SMILES string of the molecule is O=C(CN1CCOCC1)N1CCC[C@@H]1c1nc(-c2ccccc2)no1. The molecule has 0 unspecified atom stereocenters. The van der Waals surface area contributed by atoms with Crippen molar-refractivity contribution < 1.29 is 14.1 Å². The van der Waals surface area contributed by atoms with Crippen molar-refractivity contribution in [2.24, 2.45) is 0 Å². The van der Waals surface area contributed by atoms with E-state index in [1.165, 1.54) is 0 Å². The van der Waals surface area contributed by atoms with Crippen molar-refractivity contribution in [3.05, 3.63) is 36.2 Å². The standard InChI is InChI=1S/C18H22N4O3/c23-16(13-21-9-11-24-12-10-21)22-8-4-7-15(22)18-19-17(20-25-18)14-5-2-1-3-6-14/h1-3,5-6,15H,4,7-13H2/t15-/m1/s1. The fourth-order valence-electron chi connectivity index (χ4n) is 3.44. The van der Waals surface area contributed by atoms with E-state index in [-0.39, 0.29) is 11.9 Å². The second-order valence-corrected chi connectivity index (χ2v) is 6.46. The topological polar surface area (TPSA) is 71.7 Å². The van der Waals surface area contributed by atoms with Crippen LogP contribution in [-0.4, -0.2) is 65.2 Å². The molecule has 0 N–H and O–H groups in total. The minimum absolute atomic E-state index is 0.112. The zero-order chi connectivity index (χ0) is 17.1. The van der Waals surface area contributed by atoms with Gasteiger partial charge in [0.05, 0.1) is 19.8 Å². The van der Waals surface area contributed by atoms with Crippen molar-refractivity contribution in [3.63, 3.8) is 0 Å². The van der Waals surface area contributed by atoms with Crippen molar-refractivity contribution in [2.75, 3.05) is 39.4 Å². The van der Waals surface area contributed by atoms with Gasteiger partial charge in [0.25, 0.3) is 0 Å². The van der Waals surface area contributed by atoms with Crippen LogP contribution in [0.15, 0.2) is 34.9 Å². The average molecular weight is 342 g/mol. The van der Waals surface area contributed by atoms with Crippen LogP contribution in [0.3, 0.4) is 0 Å². The second-order valence-electron chi connectivity index (χ2n) is 6.46. The molecule has 132 valence electrons. The lowest BCUT2D eigenvalue weighted by Crippen LogP contribution is -2.44. The largest absolute Gasteiger partial charge is 0.379 e. The highest BCUT2D eigenvalue weighted by atomic mass is 16.5. The Morgan fingerprint density at radius 1 is 1.16 bits per heavy atom. The van der Waals surface area contributed by atoms with Crippen LogP contribution in [-0.2, 0) is 9.53 Å². The van der Waals surface area contributed by atoms with Crippen molar-refractivity contribution in [3.8, 4) is 11.4 Å². The van der Waals surface area contributed by atoms with Gasteiger partial charge < -0.3 is 14.2 Å². The van der Waals surface area contributed by atoms with Crippen LogP contribution < -0.4 is 0 Å². The number of carbonyl (C=O) groups excluding carboxylic acids is 1. The summed E-state index contributed by atoms with van der Waals surface area (Å²) in [6.07, 6.45) is 1.83. The van der Waals surface area contributed by atoms with Gasteiger partial charge in [-0.25, -0.2) is 0 Å². The molecular formula is C18H22N4O3. The molecule has 1 aromatic heterocycles. The van der Waals surface area contributed by atoms with E-state index in [1.54, 1.807) is 0 Å². The van der Waals surface area contributed by atoms with Crippen LogP contribution in [0.5, 0.6) is 0 Å². The normalized spacial score (nSPS) is 21.6. The molecular weight excluding hydrogens is 320 g/mol. The molecule has 2 aromatic rings. The number of carbonyl (C=O) groups is 1. The number of likely N-dealkylation sites (tertiary alicyclic amines) is 1. The Balaban J connectivity index is 1.46. The van der Waals surface area contributed by atoms with Crippen molar-refractivity contribution in [1.29, 1.82) is 0 Å². The van der Waals surface area contributed by atoms with Crippen LogP contribution in [0.4, 0.5) is 0 Å². The van der Waals surface area contributed by atoms with Crippen LogP contribution in [0.25, 0.3) is 11.4 Å². The molecule has 0 spiro atoms. The average Bonchev–Trinajstić information content (AvgIpc) is 3.32. The van der Waals surface area contributed by atoms with E-state index in [4.69, 9.17) is 9.26 Å². The summed E-state index contributed by atoms with van der Waals surface area (Å²) in [6.45, 7) is 4.18. The lowest BCUT2D eigenvalue weighted by atomic mass is 10.2. The fourth-order valence-corrected chi connectivity index (χ4v) is 3.44. The molecule has 2 saturated heterocycles. The van der Waals surface area contributed by atoms with Crippen LogP contribution in [0.2, 0.25) is 0 Å². The molecule has 1 atom stereocenters. The molecule has 0 saturated carbocycles. The zero-order valence-corrected chi connectivity index (χ0v) is 14.1. The first-order chi connectivity index (χ1) is 12.3. The van der Waals surface area contributed by atoms with E-state index >= 15 is 0 Å². The number of hydrogen-bond acceptors (Lipinski definition) is 6. The summed E-state index contributed by atoms with van der Waals surface area (Å²) >= 11 is 0. The Morgan fingerprint density at radius 3 is 2.76 bits per heavy atom. The van der Waals surface area contributed by atoms with Gasteiger partial charge in [-0.1, -0.05) is 35.5 Å². The third kappa shape index (κ3) is 3.57. The highest BCUT2D eigenvalue weighted by Crippen LogP contribution is 2.32. The van der Waals surface area contributed by atoms with E-state index in [1.807, 2.05) is 35.2 Å². The fraction of sp³-hybridized carbons (Fsp3) is 0.500. The minimum Gasteiger partial charge on any atom is -0.379 e. The smallest absolute Gasteiger partial charge is 0.249 e. The van der Waals surface area contributed by atoms with E-state index in [9.17, 15) is 4.79 Å². The number of ether oxygens (including phenoxy) is 1. The molecule has 7 nitrogen and oxygen atoms in total. The first-order valence-corrected chi connectivity index (χ1v) is 8.80. The zero-order valence-electron chi connectivity index (χ0n) is 14.1. The number of amides is 1. The van der Waals surface area contributed by atoms with Gasteiger partial charge in [-0.3, -0.25) is 9.69 Å². The van der Waals surface area contributed by atoms with Crippen molar-refractivity contribution in [1.82, 2.24) is 19.9 Å². The first kappa shape index (κ1) is 16.2. The molecule has 2 aliphatic rings. The molecule has 1 aromatic carbocycles. The second kappa shape index (κ2) is 7.33. The number of rotatable bonds is 4. The van der Waals surface area contributed by atoms with E-state index in [0.29, 0.717) is 31.5 Å². The number of nitrogens with zero attached hydrogens (tertiary/aromatic N) is 4. The highest BCUT2D eigenvalue weighted by Gasteiger charge is 2.34. The molecule has 0 radical (unpaired) electrons. The number of hydrogen-bond donors (Lipinski definition) is 0. The van der Waals surface area contributed by atoms with Gasteiger partial charge >= 0.3 is 0 Å². The van der Waals surface area contributed by atoms with E-state index < -0.39 is 0 Å². The van der Waals surface area contributed by atoms with Gasteiger partial charge in [-0.2, -0.15) is 4.98 Å². The quantitative estimate of drug-likeness (QED) is 0.843. The predicted octanol–water partition coefficient (Wildman–Crippen LogP) is 1.73. The number of aromatic nitrogens is 2. The number of morpholine rings is 1.